The molecule has 6 nitrogen and oxygen atoms in total. The van der Waals surface area contributed by atoms with Crippen LogP contribution in [0.2, 0.25) is 0 Å². The van der Waals surface area contributed by atoms with Gasteiger partial charge in [-0.15, -0.1) is 0 Å². The Morgan fingerprint density at radius 2 is 2.11 bits per heavy atom. The molecule has 1 aromatic heterocycles. The highest BCUT2D eigenvalue weighted by atomic mass is 16.5. The van der Waals surface area contributed by atoms with Crippen LogP contribution in [-0.2, 0) is 20.7 Å². The minimum Gasteiger partial charge on any atom is -0.494 e. The van der Waals surface area contributed by atoms with Gasteiger partial charge in [0, 0.05) is 31.4 Å². The summed E-state index contributed by atoms with van der Waals surface area (Å²) in [6, 6.07) is 11.4. The van der Waals surface area contributed by atoms with Crippen molar-refractivity contribution in [3.05, 3.63) is 66.0 Å². The summed E-state index contributed by atoms with van der Waals surface area (Å²) in [6.45, 7) is 3.18. The normalized spacial score (nSPS) is 10.6. The molecule has 0 atom stereocenters. The number of benzene rings is 1. The molecule has 0 fully saturated rings. The number of pyridine rings is 1. The third kappa shape index (κ3) is 8.49. The standard InChI is InChI=1S/C22H26N2O4/c1-2-27-22(26)9-5-15-28-20-8-3-6-18(16-20)12-14-24-21(25)11-10-19-7-4-13-23-17-19/h3-4,6-8,10-11,13,16-17H,2,5,9,12,14-15H2,1H3,(H,24,25)/b11-10+. The molecule has 1 aromatic carbocycles. The Bertz CT molecular complexity index is 775. The zero-order valence-electron chi connectivity index (χ0n) is 16.1. The number of ether oxygens (including phenoxy) is 2. The number of carbonyl (C=O) groups is 2. The van der Waals surface area contributed by atoms with Gasteiger partial charge in [-0.1, -0.05) is 18.2 Å². The SMILES string of the molecule is CCOC(=O)CCCOc1cccc(CCNC(=O)/C=C/c2cccnc2)c1. The second kappa shape index (κ2) is 12.3. The third-order valence-corrected chi connectivity index (χ3v) is 3.82. The van der Waals surface area contributed by atoms with Gasteiger partial charge in [-0.05, 0) is 55.2 Å². The number of aromatic nitrogens is 1. The van der Waals surface area contributed by atoms with Gasteiger partial charge in [0.1, 0.15) is 5.75 Å². The maximum absolute atomic E-state index is 11.9. The van der Waals surface area contributed by atoms with E-state index >= 15 is 0 Å². The molecule has 0 spiro atoms. The van der Waals surface area contributed by atoms with E-state index in [-0.39, 0.29) is 11.9 Å². The topological polar surface area (TPSA) is 77.5 Å². The van der Waals surface area contributed by atoms with Gasteiger partial charge in [0.15, 0.2) is 0 Å². The molecule has 0 saturated heterocycles. The number of nitrogens with one attached hydrogen (secondary N) is 1. The van der Waals surface area contributed by atoms with Crippen LogP contribution in [0.15, 0.2) is 54.9 Å². The Morgan fingerprint density at radius 3 is 2.89 bits per heavy atom. The van der Waals surface area contributed by atoms with Crippen molar-refractivity contribution in [2.24, 2.45) is 0 Å². The zero-order chi connectivity index (χ0) is 20.0. The van der Waals surface area contributed by atoms with E-state index in [1.165, 1.54) is 6.08 Å². The predicted octanol–water partition coefficient (Wildman–Crippen LogP) is 3.18. The predicted molar refractivity (Wildman–Crippen MR) is 108 cm³/mol. The maximum atomic E-state index is 11.9. The lowest BCUT2D eigenvalue weighted by Crippen LogP contribution is -2.23. The van der Waals surface area contributed by atoms with Crippen molar-refractivity contribution in [1.29, 1.82) is 0 Å². The largest absolute Gasteiger partial charge is 0.494 e. The molecule has 1 amide bonds. The molecule has 28 heavy (non-hydrogen) atoms. The van der Waals surface area contributed by atoms with Crippen molar-refractivity contribution in [2.75, 3.05) is 19.8 Å². The number of amides is 1. The van der Waals surface area contributed by atoms with Crippen LogP contribution in [0.4, 0.5) is 0 Å². The lowest BCUT2D eigenvalue weighted by molar-refractivity contribution is -0.143. The summed E-state index contributed by atoms with van der Waals surface area (Å²) in [4.78, 5) is 27.2. The molecule has 0 bridgehead atoms. The Balaban J connectivity index is 1.68. The van der Waals surface area contributed by atoms with E-state index in [1.54, 1.807) is 25.4 Å². The lowest BCUT2D eigenvalue weighted by atomic mass is 10.1. The highest BCUT2D eigenvalue weighted by Crippen LogP contribution is 2.14. The van der Waals surface area contributed by atoms with Gasteiger partial charge in [0.05, 0.1) is 13.2 Å². The first-order chi connectivity index (χ1) is 13.7. The monoisotopic (exact) mass is 382 g/mol. The van der Waals surface area contributed by atoms with Crippen LogP contribution in [0.3, 0.4) is 0 Å². The van der Waals surface area contributed by atoms with E-state index in [0.717, 1.165) is 16.9 Å². The van der Waals surface area contributed by atoms with Gasteiger partial charge < -0.3 is 14.8 Å². The van der Waals surface area contributed by atoms with E-state index in [0.29, 0.717) is 39.0 Å². The van der Waals surface area contributed by atoms with Gasteiger partial charge in [0.2, 0.25) is 5.91 Å². The van der Waals surface area contributed by atoms with Crippen molar-refractivity contribution in [3.8, 4) is 5.75 Å². The smallest absolute Gasteiger partial charge is 0.305 e. The molecule has 2 rings (SSSR count). The molecule has 0 saturated carbocycles. The van der Waals surface area contributed by atoms with Crippen LogP contribution >= 0.6 is 0 Å². The molecule has 0 aliphatic carbocycles. The van der Waals surface area contributed by atoms with Crippen molar-refractivity contribution in [3.63, 3.8) is 0 Å². The Kier molecular flexibility index (Phi) is 9.27. The quantitative estimate of drug-likeness (QED) is 0.367. The van der Waals surface area contributed by atoms with E-state index < -0.39 is 0 Å². The summed E-state index contributed by atoms with van der Waals surface area (Å²) in [6.07, 6.45) is 8.28. The van der Waals surface area contributed by atoms with Crippen molar-refractivity contribution in [1.82, 2.24) is 10.3 Å². The van der Waals surface area contributed by atoms with Crippen LogP contribution in [0.25, 0.3) is 6.08 Å². The summed E-state index contributed by atoms with van der Waals surface area (Å²) in [5.74, 6) is 0.410. The fourth-order valence-electron chi connectivity index (χ4n) is 2.47. The van der Waals surface area contributed by atoms with E-state index in [9.17, 15) is 9.59 Å². The van der Waals surface area contributed by atoms with Crippen LogP contribution < -0.4 is 10.1 Å². The van der Waals surface area contributed by atoms with Crippen LogP contribution in [0.1, 0.15) is 30.9 Å². The fourth-order valence-corrected chi connectivity index (χ4v) is 2.47. The van der Waals surface area contributed by atoms with Gasteiger partial charge in [-0.2, -0.15) is 0 Å². The fraction of sp³-hybridized carbons (Fsp3) is 0.318. The van der Waals surface area contributed by atoms with Crippen LogP contribution in [0, 0.1) is 0 Å². The Labute approximate surface area is 165 Å². The molecule has 148 valence electrons. The van der Waals surface area contributed by atoms with Crippen molar-refractivity contribution in [2.45, 2.75) is 26.2 Å². The number of nitrogens with zero attached hydrogens (tertiary/aromatic N) is 1. The van der Waals surface area contributed by atoms with Crippen molar-refractivity contribution < 1.29 is 19.1 Å². The van der Waals surface area contributed by atoms with Crippen LogP contribution in [-0.4, -0.2) is 36.6 Å². The summed E-state index contributed by atoms with van der Waals surface area (Å²) < 4.78 is 10.6. The molecule has 1 N–H and O–H groups in total. The molecule has 6 heteroatoms. The molecule has 2 aromatic rings. The van der Waals surface area contributed by atoms with Crippen molar-refractivity contribution >= 4 is 18.0 Å². The summed E-state index contributed by atoms with van der Waals surface area (Å²) in [5, 5.41) is 2.86. The van der Waals surface area contributed by atoms with Gasteiger partial charge >= 0.3 is 5.97 Å². The first kappa shape index (κ1) is 21.2. The van der Waals surface area contributed by atoms with Gasteiger partial charge in [-0.25, -0.2) is 0 Å². The summed E-state index contributed by atoms with van der Waals surface area (Å²) >= 11 is 0. The Morgan fingerprint density at radius 1 is 1.21 bits per heavy atom. The number of carbonyl (C=O) groups excluding carboxylic acids is 2. The van der Waals surface area contributed by atoms with Crippen LogP contribution in [0.5, 0.6) is 5.75 Å². The number of hydrogen-bond acceptors (Lipinski definition) is 5. The zero-order valence-corrected chi connectivity index (χ0v) is 16.1. The molecular formula is C22H26N2O4. The van der Waals surface area contributed by atoms with Gasteiger partial charge in [-0.3, -0.25) is 14.6 Å². The number of esters is 1. The third-order valence-electron chi connectivity index (χ3n) is 3.82. The van der Waals surface area contributed by atoms with E-state index in [4.69, 9.17) is 9.47 Å². The number of hydrogen-bond donors (Lipinski definition) is 1. The maximum Gasteiger partial charge on any atom is 0.305 e. The molecule has 0 aliphatic heterocycles. The second-order valence-electron chi connectivity index (χ2n) is 6.07. The lowest BCUT2D eigenvalue weighted by Gasteiger charge is -2.08. The summed E-state index contributed by atoms with van der Waals surface area (Å²) in [5.41, 5.74) is 1.95. The second-order valence-corrected chi connectivity index (χ2v) is 6.07. The minimum absolute atomic E-state index is 0.143. The molecule has 0 radical (unpaired) electrons. The molecule has 0 unspecified atom stereocenters. The average molecular weight is 382 g/mol. The van der Waals surface area contributed by atoms with E-state index in [2.05, 4.69) is 10.3 Å². The summed E-state index contributed by atoms with van der Waals surface area (Å²) in [7, 11) is 0. The molecular weight excluding hydrogens is 356 g/mol. The first-order valence-electron chi connectivity index (χ1n) is 9.40. The first-order valence-corrected chi connectivity index (χ1v) is 9.40. The Hall–Kier alpha value is -3.15. The van der Waals surface area contributed by atoms with Gasteiger partial charge in [0.25, 0.3) is 0 Å². The highest BCUT2D eigenvalue weighted by molar-refractivity contribution is 5.91. The average Bonchev–Trinajstić information content (AvgIpc) is 2.71. The number of rotatable bonds is 11. The molecule has 1 heterocycles. The van der Waals surface area contributed by atoms with E-state index in [1.807, 2.05) is 36.4 Å². The minimum atomic E-state index is -0.201. The highest BCUT2D eigenvalue weighted by Gasteiger charge is 2.03. The molecule has 0 aliphatic rings.